The lowest BCUT2D eigenvalue weighted by atomic mass is 10.1. The number of halogens is 1. The molecular weight excluding hydrogens is 248 g/mol. The second kappa shape index (κ2) is 4.97. The molecular formula is C11H13ClO3S. The molecule has 0 aliphatic rings. The molecule has 0 aliphatic heterocycles. The van der Waals surface area contributed by atoms with Crippen LogP contribution in [0.2, 0.25) is 5.02 Å². The van der Waals surface area contributed by atoms with Crippen molar-refractivity contribution in [2.75, 3.05) is 5.75 Å². The van der Waals surface area contributed by atoms with E-state index in [0.717, 1.165) is 0 Å². The summed E-state index contributed by atoms with van der Waals surface area (Å²) in [6, 6.07) is 5.80. The van der Waals surface area contributed by atoms with Crippen LogP contribution in [0.3, 0.4) is 0 Å². The van der Waals surface area contributed by atoms with Crippen molar-refractivity contribution in [3.8, 4) is 0 Å². The minimum atomic E-state index is -3.53. The van der Waals surface area contributed by atoms with Crippen molar-refractivity contribution >= 4 is 27.2 Å². The van der Waals surface area contributed by atoms with Crippen molar-refractivity contribution in [2.45, 2.75) is 18.7 Å². The van der Waals surface area contributed by atoms with Crippen LogP contribution >= 0.6 is 11.6 Å². The van der Waals surface area contributed by atoms with E-state index in [0.29, 0.717) is 5.02 Å². The zero-order valence-electron chi connectivity index (χ0n) is 9.10. The molecule has 0 aliphatic carbocycles. The van der Waals surface area contributed by atoms with Crippen LogP contribution in [0.5, 0.6) is 0 Å². The van der Waals surface area contributed by atoms with Gasteiger partial charge in [-0.05, 0) is 24.3 Å². The highest BCUT2D eigenvalue weighted by molar-refractivity contribution is 7.92. The first-order chi connectivity index (χ1) is 7.33. The minimum absolute atomic E-state index is 0.130. The van der Waals surface area contributed by atoms with Crippen LogP contribution in [0.25, 0.3) is 0 Å². The van der Waals surface area contributed by atoms with Gasteiger partial charge in [0.15, 0.2) is 15.6 Å². The molecule has 88 valence electrons. The molecule has 0 spiro atoms. The fourth-order valence-corrected chi connectivity index (χ4v) is 2.63. The Balaban J connectivity index is 2.95. The zero-order chi connectivity index (χ0) is 12.3. The smallest absolute Gasteiger partial charge is 0.185 e. The lowest BCUT2D eigenvalue weighted by Crippen LogP contribution is -2.20. The molecule has 5 heteroatoms. The molecule has 1 aromatic carbocycles. The normalized spacial score (nSPS) is 11.8. The Morgan fingerprint density at radius 2 is 1.75 bits per heavy atom. The van der Waals surface area contributed by atoms with Crippen molar-refractivity contribution in [2.24, 2.45) is 5.92 Å². The standard InChI is InChI=1S/C11H13ClO3S/c1-8(2)11(13)7-16(14,15)10-5-3-9(12)4-6-10/h3-6,8H,7H2,1-2H3. The fourth-order valence-electron chi connectivity index (χ4n) is 1.08. The van der Waals surface area contributed by atoms with Gasteiger partial charge in [-0.25, -0.2) is 8.42 Å². The van der Waals surface area contributed by atoms with Gasteiger partial charge in [0.05, 0.1) is 4.90 Å². The average molecular weight is 261 g/mol. The van der Waals surface area contributed by atoms with E-state index in [1.807, 2.05) is 0 Å². The predicted molar refractivity (Wildman–Crippen MR) is 63.3 cm³/mol. The third-order valence-corrected chi connectivity index (χ3v) is 4.06. The summed E-state index contributed by atoms with van der Waals surface area (Å²) in [4.78, 5) is 11.5. The van der Waals surface area contributed by atoms with Crippen LogP contribution in [0.1, 0.15) is 13.8 Å². The van der Waals surface area contributed by atoms with E-state index in [4.69, 9.17) is 11.6 Å². The van der Waals surface area contributed by atoms with Crippen LogP contribution in [0.4, 0.5) is 0 Å². The van der Waals surface area contributed by atoms with Crippen molar-refractivity contribution in [3.05, 3.63) is 29.3 Å². The van der Waals surface area contributed by atoms with Gasteiger partial charge >= 0.3 is 0 Å². The number of hydrogen-bond acceptors (Lipinski definition) is 3. The third-order valence-electron chi connectivity index (χ3n) is 2.15. The molecule has 0 saturated carbocycles. The highest BCUT2D eigenvalue weighted by atomic mass is 35.5. The Kier molecular flexibility index (Phi) is 4.10. The maximum Gasteiger partial charge on any atom is 0.185 e. The van der Waals surface area contributed by atoms with Gasteiger partial charge in [0.2, 0.25) is 0 Å². The molecule has 0 saturated heterocycles. The molecule has 0 amide bonds. The highest BCUT2D eigenvalue weighted by Gasteiger charge is 2.20. The summed E-state index contributed by atoms with van der Waals surface area (Å²) in [5.74, 6) is -1.01. The fraction of sp³-hybridized carbons (Fsp3) is 0.364. The van der Waals surface area contributed by atoms with Crippen molar-refractivity contribution < 1.29 is 13.2 Å². The average Bonchev–Trinajstić information content (AvgIpc) is 2.17. The molecule has 0 fully saturated rings. The van der Waals surface area contributed by atoms with Gasteiger partial charge in [0.1, 0.15) is 5.75 Å². The summed E-state index contributed by atoms with van der Waals surface area (Å²) in [7, 11) is -3.53. The molecule has 0 radical (unpaired) electrons. The molecule has 0 bridgehead atoms. The zero-order valence-corrected chi connectivity index (χ0v) is 10.7. The van der Waals surface area contributed by atoms with Crippen LogP contribution in [0.15, 0.2) is 29.2 Å². The Morgan fingerprint density at radius 3 is 2.19 bits per heavy atom. The number of ketones is 1. The second-order valence-corrected chi connectivity index (χ2v) is 6.26. The van der Waals surface area contributed by atoms with Gasteiger partial charge in [-0.1, -0.05) is 25.4 Å². The van der Waals surface area contributed by atoms with Crippen molar-refractivity contribution in [1.29, 1.82) is 0 Å². The predicted octanol–water partition coefficient (Wildman–Crippen LogP) is 2.34. The molecule has 0 aromatic heterocycles. The van der Waals surface area contributed by atoms with Crippen molar-refractivity contribution in [3.63, 3.8) is 0 Å². The topological polar surface area (TPSA) is 51.2 Å². The van der Waals surface area contributed by atoms with Crippen LogP contribution in [-0.2, 0) is 14.6 Å². The van der Waals surface area contributed by atoms with E-state index in [9.17, 15) is 13.2 Å². The number of Topliss-reactive ketones (excluding diaryl/α,β-unsaturated/α-hetero) is 1. The number of hydrogen-bond donors (Lipinski definition) is 0. The lowest BCUT2D eigenvalue weighted by Gasteiger charge is -2.06. The number of carbonyl (C=O) groups is 1. The van der Waals surface area contributed by atoms with Crippen LogP contribution in [0, 0.1) is 5.92 Å². The first-order valence-electron chi connectivity index (χ1n) is 4.84. The van der Waals surface area contributed by atoms with Gasteiger partial charge in [-0.15, -0.1) is 0 Å². The van der Waals surface area contributed by atoms with E-state index in [1.54, 1.807) is 13.8 Å². The molecule has 0 N–H and O–H groups in total. The van der Waals surface area contributed by atoms with Gasteiger partial charge in [0.25, 0.3) is 0 Å². The van der Waals surface area contributed by atoms with Gasteiger partial charge in [-0.3, -0.25) is 4.79 Å². The molecule has 16 heavy (non-hydrogen) atoms. The first-order valence-corrected chi connectivity index (χ1v) is 6.87. The van der Waals surface area contributed by atoms with Crippen LogP contribution < -0.4 is 0 Å². The summed E-state index contributed by atoms with van der Waals surface area (Å²) in [5, 5.41) is 0.467. The summed E-state index contributed by atoms with van der Waals surface area (Å²) in [6.07, 6.45) is 0. The Bertz CT molecular complexity index is 474. The number of rotatable bonds is 4. The van der Waals surface area contributed by atoms with E-state index < -0.39 is 15.6 Å². The maximum absolute atomic E-state index is 11.8. The quantitative estimate of drug-likeness (QED) is 0.835. The second-order valence-electron chi connectivity index (χ2n) is 3.83. The van der Waals surface area contributed by atoms with Crippen molar-refractivity contribution in [1.82, 2.24) is 0 Å². The Labute approximate surface area is 100 Å². The minimum Gasteiger partial charge on any atom is -0.298 e. The monoisotopic (exact) mass is 260 g/mol. The van der Waals surface area contributed by atoms with Gasteiger partial charge < -0.3 is 0 Å². The lowest BCUT2D eigenvalue weighted by molar-refractivity contribution is -0.119. The summed E-state index contributed by atoms with van der Waals surface area (Å²) in [5.41, 5.74) is 0. The summed E-state index contributed by atoms with van der Waals surface area (Å²) in [6.45, 7) is 3.36. The summed E-state index contributed by atoms with van der Waals surface area (Å²) < 4.78 is 23.6. The third kappa shape index (κ3) is 3.32. The maximum atomic E-state index is 11.8. The summed E-state index contributed by atoms with van der Waals surface area (Å²) >= 11 is 5.66. The van der Waals surface area contributed by atoms with E-state index in [1.165, 1.54) is 24.3 Å². The Hall–Kier alpha value is -0.870. The van der Waals surface area contributed by atoms with Gasteiger partial charge in [0, 0.05) is 10.9 Å². The molecule has 1 aromatic rings. The number of benzene rings is 1. The molecule has 0 unspecified atom stereocenters. The number of sulfone groups is 1. The first kappa shape index (κ1) is 13.2. The van der Waals surface area contributed by atoms with E-state index in [-0.39, 0.29) is 16.6 Å². The molecule has 3 nitrogen and oxygen atoms in total. The molecule has 0 heterocycles. The van der Waals surface area contributed by atoms with Gasteiger partial charge in [-0.2, -0.15) is 0 Å². The molecule has 0 atom stereocenters. The van der Waals surface area contributed by atoms with E-state index >= 15 is 0 Å². The Morgan fingerprint density at radius 1 is 1.25 bits per heavy atom. The van der Waals surface area contributed by atoms with E-state index in [2.05, 4.69) is 0 Å². The SMILES string of the molecule is CC(C)C(=O)CS(=O)(=O)c1ccc(Cl)cc1. The number of carbonyl (C=O) groups excluding carboxylic acids is 1. The largest absolute Gasteiger partial charge is 0.298 e. The van der Waals surface area contributed by atoms with Crippen LogP contribution in [-0.4, -0.2) is 20.0 Å². The molecule has 1 rings (SSSR count). The highest BCUT2D eigenvalue weighted by Crippen LogP contribution is 2.16.